The van der Waals surface area contributed by atoms with E-state index in [0.717, 1.165) is 5.75 Å². The van der Waals surface area contributed by atoms with Crippen LogP contribution in [0.3, 0.4) is 0 Å². The number of carbonyl (C=O) groups excluding carboxylic acids is 1. The van der Waals surface area contributed by atoms with Gasteiger partial charge in [0.15, 0.2) is 0 Å². The minimum atomic E-state index is -0.0880. The average Bonchev–Trinajstić information content (AvgIpc) is 2.46. The van der Waals surface area contributed by atoms with Gasteiger partial charge in [0.25, 0.3) is 5.91 Å². The average molecular weight is 257 g/mol. The minimum Gasteiger partial charge on any atom is -0.457 e. The largest absolute Gasteiger partial charge is 0.457 e. The third-order valence-corrected chi connectivity index (χ3v) is 2.56. The van der Waals surface area contributed by atoms with Crippen molar-refractivity contribution >= 4 is 5.91 Å². The highest BCUT2D eigenvalue weighted by Crippen LogP contribution is 2.20. The lowest BCUT2D eigenvalue weighted by Crippen LogP contribution is -2.54. The Morgan fingerprint density at radius 2 is 1.63 bits per heavy atom. The van der Waals surface area contributed by atoms with Crippen molar-refractivity contribution in [3.05, 3.63) is 60.2 Å². The summed E-state index contributed by atoms with van der Waals surface area (Å²) in [5.41, 5.74) is 4.30. The monoisotopic (exact) mass is 257 g/mol. The number of rotatable bonds is 5. The van der Waals surface area contributed by atoms with Crippen LogP contribution in [-0.4, -0.2) is 19.0 Å². The number of para-hydroxylation sites is 1. The highest BCUT2D eigenvalue weighted by Gasteiger charge is 2.05. The van der Waals surface area contributed by atoms with E-state index in [1.165, 1.54) is 0 Å². The summed E-state index contributed by atoms with van der Waals surface area (Å²) in [7, 11) is 0. The Hall–Kier alpha value is -2.33. The molecule has 0 aliphatic carbocycles. The van der Waals surface area contributed by atoms with Gasteiger partial charge in [-0.25, -0.2) is 0 Å². The fourth-order valence-electron chi connectivity index (χ4n) is 1.60. The third-order valence-electron chi connectivity index (χ3n) is 2.56. The van der Waals surface area contributed by atoms with Crippen molar-refractivity contribution in [3.63, 3.8) is 0 Å². The molecule has 0 atom stereocenters. The number of carbonyl (C=O) groups is 1. The van der Waals surface area contributed by atoms with Crippen LogP contribution < -0.4 is 15.8 Å². The third kappa shape index (κ3) is 3.82. The van der Waals surface area contributed by atoms with Gasteiger partial charge in [0, 0.05) is 5.56 Å². The maximum absolute atomic E-state index is 11.7. The Kier molecular flexibility index (Phi) is 4.53. The first kappa shape index (κ1) is 13.1. The predicted octanol–water partition coefficient (Wildman–Crippen LogP) is 1.45. The zero-order valence-corrected chi connectivity index (χ0v) is 10.6. The van der Waals surface area contributed by atoms with E-state index in [1.807, 2.05) is 30.3 Å². The van der Waals surface area contributed by atoms with Crippen molar-refractivity contribution in [2.24, 2.45) is 0 Å². The maximum atomic E-state index is 11.7. The molecule has 0 heterocycles. The van der Waals surface area contributed by atoms with E-state index in [4.69, 9.17) is 4.74 Å². The predicted molar refractivity (Wildman–Crippen MR) is 73.0 cm³/mol. The molecule has 0 bridgehead atoms. The molecule has 0 spiro atoms. The number of nitrogens with one attached hydrogen (secondary N) is 1. The second-order valence-electron chi connectivity index (χ2n) is 4.05. The maximum Gasteiger partial charge on any atom is 0.251 e. The quantitative estimate of drug-likeness (QED) is 0.851. The second kappa shape index (κ2) is 6.56. The summed E-state index contributed by atoms with van der Waals surface area (Å²) in [6, 6.07) is 16.6. The van der Waals surface area contributed by atoms with Gasteiger partial charge in [-0.1, -0.05) is 18.2 Å². The Bertz CT molecular complexity index is 524. The molecule has 0 aliphatic rings. The van der Waals surface area contributed by atoms with Gasteiger partial charge in [0.2, 0.25) is 0 Å². The molecule has 19 heavy (non-hydrogen) atoms. The lowest BCUT2D eigenvalue weighted by atomic mass is 10.2. The van der Waals surface area contributed by atoms with E-state index < -0.39 is 0 Å². The van der Waals surface area contributed by atoms with Crippen molar-refractivity contribution in [1.29, 1.82) is 0 Å². The summed E-state index contributed by atoms with van der Waals surface area (Å²) < 4.78 is 5.65. The molecule has 2 aromatic carbocycles. The fraction of sp³-hybridized carbons (Fsp3) is 0.133. The Morgan fingerprint density at radius 3 is 2.26 bits per heavy atom. The second-order valence-corrected chi connectivity index (χ2v) is 4.05. The van der Waals surface area contributed by atoms with Crippen LogP contribution in [0.2, 0.25) is 0 Å². The van der Waals surface area contributed by atoms with Gasteiger partial charge >= 0.3 is 0 Å². The van der Waals surface area contributed by atoms with Gasteiger partial charge in [0.05, 0.1) is 13.1 Å². The summed E-state index contributed by atoms with van der Waals surface area (Å²) in [6.45, 7) is 1.27. The minimum absolute atomic E-state index is 0.0880. The van der Waals surface area contributed by atoms with E-state index in [2.05, 4.69) is 11.1 Å². The molecule has 0 saturated heterocycles. The van der Waals surface area contributed by atoms with E-state index in [1.54, 1.807) is 24.3 Å². The van der Waals surface area contributed by atoms with Crippen LogP contribution in [0.1, 0.15) is 10.4 Å². The van der Waals surface area contributed by atoms with Crippen LogP contribution in [0.25, 0.3) is 0 Å². The molecule has 0 aromatic heterocycles. The number of quaternary nitrogens is 1. The molecule has 0 fully saturated rings. The topological polar surface area (TPSA) is 66.0 Å². The van der Waals surface area contributed by atoms with Gasteiger partial charge in [-0.3, -0.25) is 4.79 Å². The molecule has 0 radical (unpaired) electrons. The van der Waals surface area contributed by atoms with E-state index >= 15 is 0 Å². The SMILES string of the molecule is [NH3+]CCNC(=O)c1ccc(Oc2ccccc2)cc1. The molecule has 98 valence electrons. The van der Waals surface area contributed by atoms with Crippen LogP contribution in [0.4, 0.5) is 0 Å². The lowest BCUT2D eigenvalue weighted by Gasteiger charge is -2.06. The van der Waals surface area contributed by atoms with Crippen LogP contribution >= 0.6 is 0 Å². The summed E-state index contributed by atoms with van der Waals surface area (Å²) in [6.07, 6.45) is 0. The normalized spacial score (nSPS) is 9.95. The summed E-state index contributed by atoms with van der Waals surface area (Å²) >= 11 is 0. The molecular formula is C15H17N2O2+. The number of hydrogen-bond donors (Lipinski definition) is 2. The van der Waals surface area contributed by atoms with Crippen LogP contribution in [0.5, 0.6) is 11.5 Å². The summed E-state index contributed by atoms with van der Waals surface area (Å²) in [5.74, 6) is 1.39. The molecule has 4 N–H and O–H groups in total. The van der Waals surface area contributed by atoms with Crippen LogP contribution in [-0.2, 0) is 0 Å². The van der Waals surface area contributed by atoms with Gasteiger partial charge in [-0.2, -0.15) is 0 Å². The van der Waals surface area contributed by atoms with Gasteiger partial charge in [-0.15, -0.1) is 0 Å². The molecule has 0 unspecified atom stereocenters. The van der Waals surface area contributed by atoms with E-state index in [9.17, 15) is 4.79 Å². The highest BCUT2D eigenvalue weighted by atomic mass is 16.5. The van der Waals surface area contributed by atoms with Crippen LogP contribution in [0, 0.1) is 0 Å². The first-order chi connectivity index (χ1) is 9.29. The van der Waals surface area contributed by atoms with Crippen molar-refractivity contribution in [1.82, 2.24) is 5.32 Å². The molecule has 2 aromatic rings. The molecular weight excluding hydrogens is 240 g/mol. The first-order valence-corrected chi connectivity index (χ1v) is 6.20. The first-order valence-electron chi connectivity index (χ1n) is 6.20. The lowest BCUT2D eigenvalue weighted by molar-refractivity contribution is -0.364. The molecule has 2 rings (SSSR count). The zero-order valence-electron chi connectivity index (χ0n) is 10.6. The van der Waals surface area contributed by atoms with Gasteiger partial charge < -0.3 is 15.8 Å². The molecule has 1 amide bonds. The Morgan fingerprint density at radius 1 is 1.00 bits per heavy atom. The van der Waals surface area contributed by atoms with E-state index in [-0.39, 0.29) is 5.91 Å². The zero-order chi connectivity index (χ0) is 13.5. The Balaban J connectivity index is 2.00. The van der Waals surface area contributed by atoms with Crippen molar-refractivity contribution < 1.29 is 15.3 Å². The molecule has 0 aliphatic heterocycles. The fourth-order valence-corrected chi connectivity index (χ4v) is 1.60. The molecule has 4 nitrogen and oxygen atoms in total. The number of ether oxygens (including phenoxy) is 1. The van der Waals surface area contributed by atoms with Gasteiger partial charge in [-0.05, 0) is 36.4 Å². The smallest absolute Gasteiger partial charge is 0.251 e. The highest BCUT2D eigenvalue weighted by molar-refractivity contribution is 5.94. The molecule has 4 heteroatoms. The van der Waals surface area contributed by atoms with Crippen molar-refractivity contribution in [3.8, 4) is 11.5 Å². The van der Waals surface area contributed by atoms with E-state index in [0.29, 0.717) is 24.4 Å². The number of benzene rings is 2. The summed E-state index contributed by atoms with van der Waals surface area (Å²) in [5, 5.41) is 2.78. The standard InChI is InChI=1S/C15H16N2O2/c16-10-11-17-15(18)12-6-8-14(9-7-12)19-13-4-2-1-3-5-13/h1-9H,10-11,16H2,(H,17,18)/p+1. The van der Waals surface area contributed by atoms with Crippen molar-refractivity contribution in [2.45, 2.75) is 0 Å². The number of hydrogen-bond acceptors (Lipinski definition) is 2. The van der Waals surface area contributed by atoms with Crippen molar-refractivity contribution in [2.75, 3.05) is 13.1 Å². The van der Waals surface area contributed by atoms with Crippen LogP contribution in [0.15, 0.2) is 54.6 Å². The summed E-state index contributed by atoms with van der Waals surface area (Å²) in [4.78, 5) is 11.7. The number of amides is 1. The Labute approximate surface area is 112 Å². The molecule has 0 saturated carbocycles. The van der Waals surface area contributed by atoms with Gasteiger partial charge in [0.1, 0.15) is 11.5 Å².